The van der Waals surface area contributed by atoms with Gasteiger partial charge in [-0.2, -0.15) is 0 Å². The van der Waals surface area contributed by atoms with Crippen molar-refractivity contribution in [1.82, 2.24) is 0 Å². The van der Waals surface area contributed by atoms with Gasteiger partial charge in [-0.3, -0.25) is 0 Å². The number of hydrogen-bond acceptors (Lipinski definition) is 2. The summed E-state index contributed by atoms with van der Waals surface area (Å²) in [6.45, 7) is 6.58. The smallest absolute Gasteiger partial charge is 0.169 e. The molecule has 0 amide bonds. The fraction of sp³-hybridized carbons (Fsp3) is 0.172. The molecule has 1 atom stereocenters. The molecule has 0 aromatic heterocycles. The van der Waals surface area contributed by atoms with Gasteiger partial charge in [0.15, 0.2) is 4.51 Å². The number of allylic oxidation sites excluding steroid dienone is 2. The van der Waals surface area contributed by atoms with Gasteiger partial charge >= 0.3 is 0 Å². The van der Waals surface area contributed by atoms with Crippen molar-refractivity contribution in [2.75, 3.05) is 12.0 Å². The molecule has 2 nitrogen and oxygen atoms in total. The Morgan fingerprint density at radius 1 is 0.875 bits per heavy atom. The lowest BCUT2D eigenvalue weighted by Gasteiger charge is -2.43. The zero-order chi connectivity index (χ0) is 22.5. The largest absolute Gasteiger partial charge is 0.359 e. The molecule has 2 aliphatic rings. The molecule has 1 aliphatic carbocycles. The standard InChI is InChI=1S/C29H26BrNO/c1-19-17-20(2)26(21(3)18-19)27-23-13-8-9-14-24(23)31(22-11-6-5-7-12-22)25-15-10-16-29(30,32-4)28(25)27/h5-18H,1-4H3. The van der Waals surface area contributed by atoms with E-state index in [-0.39, 0.29) is 0 Å². The average molecular weight is 484 g/mol. The fourth-order valence-corrected chi connectivity index (χ4v) is 5.65. The number of halogens is 1. The van der Waals surface area contributed by atoms with E-state index in [9.17, 15) is 0 Å². The maximum Gasteiger partial charge on any atom is 0.169 e. The summed E-state index contributed by atoms with van der Waals surface area (Å²) in [5, 5.41) is 0. The summed E-state index contributed by atoms with van der Waals surface area (Å²) in [7, 11) is 1.76. The molecule has 3 aromatic rings. The van der Waals surface area contributed by atoms with Crippen molar-refractivity contribution in [1.29, 1.82) is 0 Å². The molecule has 5 rings (SSSR count). The van der Waals surface area contributed by atoms with Gasteiger partial charge in [0.05, 0.1) is 11.4 Å². The van der Waals surface area contributed by atoms with Crippen LogP contribution in [0.4, 0.5) is 11.4 Å². The van der Waals surface area contributed by atoms with Crippen LogP contribution in [0.1, 0.15) is 27.8 Å². The maximum atomic E-state index is 6.11. The van der Waals surface area contributed by atoms with Crippen LogP contribution in [0, 0.1) is 20.8 Å². The van der Waals surface area contributed by atoms with Crippen LogP contribution in [0.5, 0.6) is 0 Å². The van der Waals surface area contributed by atoms with E-state index in [1.807, 2.05) is 0 Å². The van der Waals surface area contributed by atoms with Crippen LogP contribution in [0.2, 0.25) is 0 Å². The molecular weight excluding hydrogens is 458 g/mol. The van der Waals surface area contributed by atoms with Crippen molar-refractivity contribution in [2.45, 2.75) is 25.3 Å². The highest BCUT2D eigenvalue weighted by atomic mass is 79.9. The lowest BCUT2D eigenvalue weighted by molar-refractivity contribution is 0.147. The number of aryl methyl sites for hydroxylation is 3. The first kappa shape index (κ1) is 21.0. The van der Waals surface area contributed by atoms with Gasteiger partial charge in [0.25, 0.3) is 0 Å². The molecule has 0 radical (unpaired) electrons. The van der Waals surface area contributed by atoms with E-state index in [2.05, 4.69) is 127 Å². The summed E-state index contributed by atoms with van der Waals surface area (Å²) in [6, 6.07) is 23.8. The van der Waals surface area contributed by atoms with E-state index in [4.69, 9.17) is 4.74 Å². The number of benzene rings is 3. The average Bonchev–Trinajstić information content (AvgIpc) is 2.79. The highest BCUT2D eigenvalue weighted by Crippen LogP contribution is 2.54. The predicted octanol–water partition coefficient (Wildman–Crippen LogP) is 7.76. The van der Waals surface area contributed by atoms with Crippen LogP contribution in [0.15, 0.2) is 96.2 Å². The molecule has 0 N–H and O–H groups in total. The van der Waals surface area contributed by atoms with Crippen LogP contribution in [0.3, 0.4) is 0 Å². The summed E-state index contributed by atoms with van der Waals surface area (Å²) in [5.41, 5.74) is 12.1. The second-order valence-corrected chi connectivity index (χ2v) is 9.65. The van der Waals surface area contributed by atoms with E-state index >= 15 is 0 Å². The summed E-state index contributed by atoms with van der Waals surface area (Å²) < 4.78 is 5.38. The van der Waals surface area contributed by atoms with Crippen LogP contribution < -0.4 is 4.90 Å². The molecule has 0 bridgehead atoms. The van der Waals surface area contributed by atoms with Crippen molar-refractivity contribution in [3.63, 3.8) is 0 Å². The Balaban J connectivity index is 1.93. The van der Waals surface area contributed by atoms with Gasteiger partial charge in [-0.15, -0.1) is 0 Å². The second kappa shape index (κ2) is 7.91. The van der Waals surface area contributed by atoms with Gasteiger partial charge in [-0.1, -0.05) is 60.2 Å². The molecular formula is C29H26BrNO. The van der Waals surface area contributed by atoms with Crippen LogP contribution in [-0.2, 0) is 4.74 Å². The third-order valence-corrected chi connectivity index (χ3v) is 7.29. The van der Waals surface area contributed by atoms with E-state index in [0.717, 1.165) is 17.0 Å². The first-order valence-electron chi connectivity index (χ1n) is 10.9. The Hall–Kier alpha value is -2.88. The van der Waals surface area contributed by atoms with Crippen molar-refractivity contribution in [3.8, 4) is 0 Å². The molecule has 160 valence electrons. The van der Waals surface area contributed by atoms with Crippen molar-refractivity contribution in [2.24, 2.45) is 0 Å². The van der Waals surface area contributed by atoms with E-state index in [0.29, 0.717) is 0 Å². The topological polar surface area (TPSA) is 12.5 Å². The zero-order valence-electron chi connectivity index (χ0n) is 18.8. The number of nitrogens with zero attached hydrogens (tertiary/aromatic N) is 1. The molecule has 32 heavy (non-hydrogen) atoms. The number of fused-ring (bicyclic) bond motifs is 2. The number of hydrogen-bond donors (Lipinski definition) is 0. The van der Waals surface area contributed by atoms with Crippen LogP contribution in [0.25, 0.3) is 5.57 Å². The highest BCUT2D eigenvalue weighted by Gasteiger charge is 2.42. The maximum absolute atomic E-state index is 6.11. The molecule has 0 fully saturated rings. The molecule has 0 saturated carbocycles. The SMILES string of the molecule is COC1(Br)C=CC=C2C1=C(c1c(C)cc(C)cc1C)c1ccccc1N2c1ccccc1. The molecule has 1 aliphatic heterocycles. The van der Waals surface area contributed by atoms with Crippen LogP contribution in [-0.4, -0.2) is 11.6 Å². The number of anilines is 2. The molecule has 3 aromatic carbocycles. The van der Waals surface area contributed by atoms with Gasteiger partial charge in [0, 0.05) is 29.5 Å². The molecule has 0 saturated heterocycles. The summed E-state index contributed by atoms with van der Waals surface area (Å²) in [4.78, 5) is 2.34. The first-order valence-corrected chi connectivity index (χ1v) is 11.7. The van der Waals surface area contributed by atoms with E-state index in [1.54, 1.807) is 7.11 Å². The summed E-state index contributed by atoms with van der Waals surface area (Å²) in [6.07, 6.45) is 6.35. The van der Waals surface area contributed by atoms with E-state index in [1.165, 1.54) is 39.1 Å². The van der Waals surface area contributed by atoms with Crippen molar-refractivity contribution < 1.29 is 4.74 Å². The summed E-state index contributed by atoms with van der Waals surface area (Å²) in [5.74, 6) is 0. The Morgan fingerprint density at radius 3 is 2.22 bits per heavy atom. The number of alkyl halides is 1. The lowest BCUT2D eigenvalue weighted by atomic mass is 9.79. The Morgan fingerprint density at radius 2 is 1.53 bits per heavy atom. The van der Waals surface area contributed by atoms with Gasteiger partial charge in [0.2, 0.25) is 0 Å². The second-order valence-electron chi connectivity index (χ2n) is 8.47. The first-order chi connectivity index (χ1) is 15.4. The number of rotatable bonds is 3. The Kier molecular flexibility index (Phi) is 5.19. The van der Waals surface area contributed by atoms with Crippen molar-refractivity contribution >= 4 is 32.9 Å². The quantitative estimate of drug-likeness (QED) is 0.353. The highest BCUT2D eigenvalue weighted by molar-refractivity contribution is 9.10. The van der Waals surface area contributed by atoms with E-state index < -0.39 is 4.51 Å². The Labute approximate surface area is 198 Å². The zero-order valence-corrected chi connectivity index (χ0v) is 20.4. The van der Waals surface area contributed by atoms with Gasteiger partial charge in [-0.25, -0.2) is 0 Å². The predicted molar refractivity (Wildman–Crippen MR) is 138 cm³/mol. The van der Waals surface area contributed by atoms with Gasteiger partial charge < -0.3 is 9.64 Å². The lowest BCUT2D eigenvalue weighted by Crippen LogP contribution is -2.36. The third kappa shape index (κ3) is 3.19. The minimum absolute atomic E-state index is 0.725. The molecule has 1 unspecified atom stereocenters. The van der Waals surface area contributed by atoms with Crippen LogP contribution >= 0.6 is 15.9 Å². The Bertz CT molecular complexity index is 1280. The summed E-state index contributed by atoms with van der Waals surface area (Å²) >= 11 is 3.96. The van der Waals surface area contributed by atoms with Crippen molar-refractivity contribution in [3.05, 3.63) is 124 Å². The number of para-hydroxylation sites is 2. The number of methoxy groups -OCH3 is 1. The molecule has 1 heterocycles. The minimum atomic E-state index is -0.725. The monoisotopic (exact) mass is 483 g/mol. The van der Waals surface area contributed by atoms with Gasteiger partial charge in [-0.05, 0) is 83.7 Å². The normalized spacial score (nSPS) is 19.5. The van der Waals surface area contributed by atoms with Gasteiger partial charge in [0.1, 0.15) is 0 Å². The third-order valence-electron chi connectivity index (χ3n) is 6.31. The fourth-order valence-electron chi connectivity index (χ4n) is 5.09. The number of ether oxygens (including phenoxy) is 1. The minimum Gasteiger partial charge on any atom is -0.359 e. The molecule has 3 heteroatoms. The molecule has 0 spiro atoms.